The average Bonchev–Trinajstić information content (AvgIpc) is 2.62. The highest BCUT2D eigenvalue weighted by atomic mass is 16.5. The van der Waals surface area contributed by atoms with Crippen LogP contribution in [0, 0.1) is 0 Å². The van der Waals surface area contributed by atoms with E-state index in [1.54, 1.807) is 6.92 Å². The minimum atomic E-state index is -0.445. The molecule has 0 spiro atoms. The van der Waals surface area contributed by atoms with Gasteiger partial charge in [0, 0.05) is 11.8 Å². The number of unbranched alkanes of at least 4 members (excludes halogenated alkanes) is 3. The van der Waals surface area contributed by atoms with Gasteiger partial charge in [0.1, 0.15) is 11.5 Å². The van der Waals surface area contributed by atoms with Crippen molar-refractivity contribution in [2.24, 2.45) is 0 Å². The first-order valence-corrected chi connectivity index (χ1v) is 9.04. The highest BCUT2D eigenvalue weighted by Gasteiger charge is 2.20. The maximum Gasteiger partial charge on any atom is 0.356 e. The Hall–Kier alpha value is -2.23. The van der Waals surface area contributed by atoms with Crippen LogP contribution in [-0.2, 0) is 9.53 Å². The molecule has 0 aliphatic carbocycles. The molecule has 0 saturated carbocycles. The van der Waals surface area contributed by atoms with E-state index in [0.717, 1.165) is 35.7 Å². The minimum Gasteiger partial charge on any atom is -0.464 e. The second-order valence-electron chi connectivity index (χ2n) is 6.56. The number of benzene rings is 1. The molecule has 0 fully saturated rings. The summed E-state index contributed by atoms with van der Waals surface area (Å²) in [6, 6.07) is 9.58. The lowest BCUT2D eigenvalue weighted by Gasteiger charge is -2.19. The third-order valence-corrected chi connectivity index (χ3v) is 4.52. The van der Waals surface area contributed by atoms with Crippen LogP contribution in [-0.4, -0.2) is 23.8 Å². The molecule has 1 aromatic carbocycles. The largest absolute Gasteiger partial charge is 0.464 e. The van der Waals surface area contributed by atoms with E-state index in [2.05, 4.69) is 11.9 Å². The van der Waals surface area contributed by atoms with Crippen LogP contribution < -0.4 is 0 Å². The Morgan fingerprint density at radius 1 is 1.16 bits per heavy atom. The number of rotatable bonds is 9. The first-order valence-electron chi connectivity index (χ1n) is 9.04. The van der Waals surface area contributed by atoms with Crippen LogP contribution >= 0.6 is 0 Å². The second-order valence-corrected chi connectivity index (χ2v) is 6.56. The summed E-state index contributed by atoms with van der Waals surface area (Å²) >= 11 is 0. The smallest absolute Gasteiger partial charge is 0.356 e. The summed E-state index contributed by atoms with van der Waals surface area (Å²) in [6.45, 7) is 3.82. The molecule has 0 saturated heterocycles. The van der Waals surface area contributed by atoms with E-state index in [1.807, 2.05) is 30.3 Å². The van der Waals surface area contributed by atoms with E-state index in [4.69, 9.17) is 4.74 Å². The van der Waals surface area contributed by atoms with Crippen LogP contribution in [0.3, 0.4) is 0 Å². The van der Waals surface area contributed by atoms with E-state index in [1.165, 1.54) is 20.0 Å². The molecule has 1 unspecified atom stereocenters. The fraction of sp³-hybridized carbons (Fsp3) is 0.476. The molecule has 0 N–H and O–H groups in total. The third-order valence-electron chi connectivity index (χ3n) is 4.52. The van der Waals surface area contributed by atoms with Crippen molar-refractivity contribution in [1.82, 2.24) is 4.98 Å². The summed E-state index contributed by atoms with van der Waals surface area (Å²) in [5.74, 6) is -0.175. The fourth-order valence-electron chi connectivity index (χ4n) is 3.28. The van der Waals surface area contributed by atoms with Gasteiger partial charge in [-0.25, -0.2) is 9.78 Å². The summed E-state index contributed by atoms with van der Waals surface area (Å²) in [5, 5.41) is 1.01. The first-order chi connectivity index (χ1) is 12.1. The van der Waals surface area contributed by atoms with Gasteiger partial charge in [-0.3, -0.25) is 0 Å². The van der Waals surface area contributed by atoms with Crippen LogP contribution in [0.15, 0.2) is 30.3 Å². The Bertz CT molecular complexity index is 739. The van der Waals surface area contributed by atoms with Crippen LogP contribution in [0.4, 0.5) is 0 Å². The van der Waals surface area contributed by atoms with Crippen LogP contribution in [0.25, 0.3) is 10.9 Å². The van der Waals surface area contributed by atoms with E-state index in [-0.39, 0.29) is 11.7 Å². The number of nitrogens with zero attached hydrogens (tertiary/aromatic N) is 1. The number of hydrogen-bond acceptors (Lipinski definition) is 4. The van der Waals surface area contributed by atoms with Crippen molar-refractivity contribution >= 4 is 22.7 Å². The van der Waals surface area contributed by atoms with Crippen LogP contribution in [0.2, 0.25) is 0 Å². The molecule has 1 atom stereocenters. The van der Waals surface area contributed by atoms with Gasteiger partial charge in [-0.2, -0.15) is 0 Å². The number of pyridine rings is 1. The SMILES string of the molecule is CCCCCCC(CC(C)=O)c1cc(C(=O)OC)nc2ccccc12. The van der Waals surface area contributed by atoms with Gasteiger partial charge in [0.2, 0.25) is 0 Å². The number of esters is 1. The van der Waals surface area contributed by atoms with Crippen molar-refractivity contribution in [1.29, 1.82) is 0 Å². The summed E-state index contributed by atoms with van der Waals surface area (Å²) in [4.78, 5) is 28.2. The number of carbonyl (C=O) groups is 2. The molecule has 0 aliphatic rings. The van der Waals surface area contributed by atoms with Crippen molar-refractivity contribution in [3.63, 3.8) is 0 Å². The molecular formula is C21H27NO3. The molecule has 4 nitrogen and oxygen atoms in total. The quantitative estimate of drug-likeness (QED) is 0.473. The molecule has 0 bridgehead atoms. The molecule has 1 aromatic heterocycles. The van der Waals surface area contributed by atoms with E-state index < -0.39 is 5.97 Å². The van der Waals surface area contributed by atoms with Crippen molar-refractivity contribution in [3.05, 3.63) is 41.6 Å². The first kappa shape index (κ1) is 19.1. The van der Waals surface area contributed by atoms with E-state index >= 15 is 0 Å². The average molecular weight is 341 g/mol. The Kier molecular flexibility index (Phi) is 7.11. The topological polar surface area (TPSA) is 56.3 Å². The highest BCUT2D eigenvalue weighted by molar-refractivity contribution is 5.93. The zero-order valence-corrected chi connectivity index (χ0v) is 15.4. The molecule has 25 heavy (non-hydrogen) atoms. The Morgan fingerprint density at radius 3 is 2.60 bits per heavy atom. The van der Waals surface area contributed by atoms with Crippen molar-refractivity contribution in [2.45, 2.75) is 58.3 Å². The van der Waals surface area contributed by atoms with Gasteiger partial charge in [0.05, 0.1) is 12.6 Å². The summed E-state index contributed by atoms with van der Waals surface area (Å²) in [5.41, 5.74) is 2.10. The standard InChI is InChI=1S/C21H27NO3/c1-4-5-6-7-10-16(13-15(2)23)18-14-20(21(24)25-3)22-19-12-9-8-11-17(18)19/h8-9,11-12,14,16H,4-7,10,13H2,1-3H3. The van der Waals surface area contributed by atoms with Gasteiger partial charge < -0.3 is 9.53 Å². The van der Waals surface area contributed by atoms with Gasteiger partial charge in [0.25, 0.3) is 0 Å². The highest BCUT2D eigenvalue weighted by Crippen LogP contribution is 2.32. The zero-order valence-electron chi connectivity index (χ0n) is 15.4. The third kappa shape index (κ3) is 5.12. The predicted octanol–water partition coefficient (Wildman–Crippen LogP) is 5.05. The molecular weight excluding hydrogens is 314 g/mol. The second kappa shape index (κ2) is 9.30. The maximum atomic E-state index is 12.0. The normalized spacial score (nSPS) is 12.1. The van der Waals surface area contributed by atoms with Crippen molar-refractivity contribution < 1.29 is 14.3 Å². The number of Topliss-reactive ketones (excluding diaryl/α,β-unsaturated/α-hetero) is 1. The Balaban J connectivity index is 2.44. The monoisotopic (exact) mass is 341 g/mol. The molecule has 1 heterocycles. The summed E-state index contributed by atoms with van der Waals surface area (Å²) in [7, 11) is 1.36. The van der Waals surface area contributed by atoms with E-state index in [9.17, 15) is 9.59 Å². The van der Waals surface area contributed by atoms with Gasteiger partial charge in [-0.15, -0.1) is 0 Å². The van der Waals surface area contributed by atoms with Gasteiger partial charge in [-0.05, 0) is 37.0 Å². The number of ketones is 1. The molecule has 2 rings (SSSR count). The molecule has 0 radical (unpaired) electrons. The number of carbonyl (C=O) groups excluding carboxylic acids is 2. The molecule has 134 valence electrons. The number of ether oxygens (including phenoxy) is 1. The lowest BCUT2D eigenvalue weighted by Crippen LogP contribution is -2.10. The zero-order chi connectivity index (χ0) is 18.2. The molecule has 4 heteroatoms. The number of para-hydroxylation sites is 1. The van der Waals surface area contributed by atoms with Gasteiger partial charge in [0.15, 0.2) is 0 Å². The number of fused-ring (bicyclic) bond motifs is 1. The maximum absolute atomic E-state index is 12.0. The predicted molar refractivity (Wildman–Crippen MR) is 99.9 cm³/mol. The summed E-state index contributed by atoms with van der Waals surface area (Å²) in [6.07, 6.45) is 6.06. The molecule has 2 aromatic rings. The fourth-order valence-corrected chi connectivity index (χ4v) is 3.28. The number of hydrogen-bond donors (Lipinski definition) is 0. The van der Waals surface area contributed by atoms with Crippen LogP contribution in [0.1, 0.15) is 74.3 Å². The van der Waals surface area contributed by atoms with Gasteiger partial charge >= 0.3 is 5.97 Å². The number of methoxy groups -OCH3 is 1. The van der Waals surface area contributed by atoms with Gasteiger partial charge in [-0.1, -0.05) is 50.8 Å². The number of aromatic nitrogens is 1. The lowest BCUT2D eigenvalue weighted by atomic mass is 9.86. The minimum absolute atomic E-state index is 0.102. The van der Waals surface area contributed by atoms with Crippen molar-refractivity contribution in [2.75, 3.05) is 7.11 Å². The van der Waals surface area contributed by atoms with Crippen LogP contribution in [0.5, 0.6) is 0 Å². The Labute approximate surface area is 149 Å². The molecule has 0 amide bonds. The lowest BCUT2D eigenvalue weighted by molar-refractivity contribution is -0.117. The summed E-state index contributed by atoms with van der Waals surface area (Å²) < 4.78 is 4.85. The van der Waals surface area contributed by atoms with Crippen molar-refractivity contribution in [3.8, 4) is 0 Å². The Morgan fingerprint density at radius 2 is 1.92 bits per heavy atom. The van der Waals surface area contributed by atoms with E-state index in [0.29, 0.717) is 12.1 Å². The molecule has 0 aliphatic heterocycles.